The van der Waals surface area contributed by atoms with Crippen molar-refractivity contribution in [3.63, 3.8) is 0 Å². The Bertz CT molecular complexity index is 153. The molecule has 1 N–H and O–H groups in total. The third-order valence-electron chi connectivity index (χ3n) is 3.10. The average molecular weight is 230 g/mol. The van der Waals surface area contributed by atoms with Crippen LogP contribution in [-0.4, -0.2) is 49.1 Å². The molecule has 1 aliphatic heterocycles. The summed E-state index contributed by atoms with van der Waals surface area (Å²) in [5, 5.41) is 3.59. The van der Waals surface area contributed by atoms with Gasteiger partial charge in [-0.2, -0.15) is 11.8 Å². The molecule has 1 heterocycles. The normalized spacial score (nSPS) is 22.4. The molecule has 1 aliphatic rings. The zero-order chi connectivity index (χ0) is 10.9. The smallest absolute Gasteiger partial charge is 0.00222 e. The van der Waals surface area contributed by atoms with Crippen molar-refractivity contribution >= 4 is 11.8 Å². The number of hydrogen-bond donors (Lipinski definition) is 1. The Hall–Kier alpha value is 0.270. The molecule has 0 aliphatic carbocycles. The van der Waals surface area contributed by atoms with Gasteiger partial charge in [0, 0.05) is 6.54 Å². The first-order valence-electron chi connectivity index (χ1n) is 6.37. The first kappa shape index (κ1) is 13.3. The predicted molar refractivity (Wildman–Crippen MR) is 70.7 cm³/mol. The third-order valence-corrected chi connectivity index (χ3v) is 4.08. The minimum absolute atomic E-state index is 0.906. The van der Waals surface area contributed by atoms with Gasteiger partial charge in [0.25, 0.3) is 0 Å². The van der Waals surface area contributed by atoms with Crippen molar-refractivity contribution < 1.29 is 0 Å². The van der Waals surface area contributed by atoms with Gasteiger partial charge in [0.2, 0.25) is 0 Å². The fraction of sp³-hybridized carbons (Fsp3) is 1.00. The number of nitrogens with one attached hydrogen (secondary N) is 1. The number of hydrogen-bond acceptors (Lipinski definition) is 3. The van der Waals surface area contributed by atoms with Crippen molar-refractivity contribution in [1.82, 2.24) is 10.2 Å². The summed E-state index contributed by atoms with van der Waals surface area (Å²) < 4.78 is 0. The van der Waals surface area contributed by atoms with Crippen LogP contribution < -0.4 is 5.32 Å². The summed E-state index contributed by atoms with van der Waals surface area (Å²) >= 11 is 2.05. The molecule has 0 bridgehead atoms. The standard InChI is InChI=1S/C12H26N2S/c1-3-14-8-6-12(11-14)10-13-7-5-9-15-4-2/h12-13H,3-11H2,1-2H3. The molecule has 0 aromatic heterocycles. The molecule has 1 unspecified atom stereocenters. The SMILES string of the molecule is CCSCCCNCC1CCN(CC)C1. The predicted octanol–water partition coefficient (Wildman–Crippen LogP) is 2.06. The maximum atomic E-state index is 3.59. The fourth-order valence-corrected chi connectivity index (χ4v) is 2.75. The molecule has 2 nitrogen and oxygen atoms in total. The molecule has 3 heteroatoms. The molecule has 1 rings (SSSR count). The van der Waals surface area contributed by atoms with Crippen LogP contribution in [0.25, 0.3) is 0 Å². The van der Waals surface area contributed by atoms with Crippen LogP contribution in [-0.2, 0) is 0 Å². The molecule has 1 fully saturated rings. The van der Waals surface area contributed by atoms with Gasteiger partial charge in [0.15, 0.2) is 0 Å². The van der Waals surface area contributed by atoms with Gasteiger partial charge in [-0.3, -0.25) is 0 Å². The van der Waals surface area contributed by atoms with E-state index in [1.165, 1.54) is 57.1 Å². The molecule has 0 amide bonds. The van der Waals surface area contributed by atoms with Gasteiger partial charge in [-0.1, -0.05) is 13.8 Å². The fourth-order valence-electron chi connectivity index (χ4n) is 2.12. The third kappa shape index (κ3) is 5.79. The maximum Gasteiger partial charge on any atom is 0.00222 e. The highest BCUT2D eigenvalue weighted by atomic mass is 32.2. The van der Waals surface area contributed by atoms with Crippen molar-refractivity contribution in [2.45, 2.75) is 26.7 Å². The Labute approximate surface area is 99.2 Å². The van der Waals surface area contributed by atoms with E-state index in [9.17, 15) is 0 Å². The molecule has 0 saturated carbocycles. The number of thioether (sulfide) groups is 1. The summed E-state index contributed by atoms with van der Waals surface area (Å²) in [6.45, 7) is 10.8. The minimum Gasteiger partial charge on any atom is -0.316 e. The Morgan fingerprint density at radius 2 is 2.27 bits per heavy atom. The molecule has 0 aromatic rings. The van der Waals surface area contributed by atoms with Crippen LogP contribution in [0.3, 0.4) is 0 Å². The summed E-state index contributed by atoms with van der Waals surface area (Å²) in [7, 11) is 0. The number of nitrogens with zero attached hydrogens (tertiary/aromatic N) is 1. The van der Waals surface area contributed by atoms with Crippen molar-refractivity contribution in [2.75, 3.05) is 44.2 Å². The second-order valence-electron chi connectivity index (χ2n) is 4.30. The van der Waals surface area contributed by atoms with Gasteiger partial charge in [-0.25, -0.2) is 0 Å². The first-order valence-corrected chi connectivity index (χ1v) is 7.53. The average Bonchev–Trinajstić information content (AvgIpc) is 2.71. The van der Waals surface area contributed by atoms with Crippen LogP contribution in [0.1, 0.15) is 26.7 Å². The van der Waals surface area contributed by atoms with Crippen molar-refractivity contribution in [3.8, 4) is 0 Å². The lowest BCUT2D eigenvalue weighted by Crippen LogP contribution is -2.27. The molecule has 0 aromatic carbocycles. The van der Waals surface area contributed by atoms with Gasteiger partial charge in [0.1, 0.15) is 0 Å². The first-order chi connectivity index (χ1) is 7.36. The van der Waals surface area contributed by atoms with Crippen molar-refractivity contribution in [3.05, 3.63) is 0 Å². The van der Waals surface area contributed by atoms with Gasteiger partial charge in [-0.05, 0) is 56.4 Å². The molecule has 90 valence electrons. The topological polar surface area (TPSA) is 15.3 Å². The van der Waals surface area contributed by atoms with E-state index < -0.39 is 0 Å². The molecule has 0 spiro atoms. The van der Waals surface area contributed by atoms with Crippen LogP contribution in [0.15, 0.2) is 0 Å². The summed E-state index contributed by atoms with van der Waals surface area (Å²) in [6.07, 6.45) is 2.72. The van der Waals surface area contributed by atoms with E-state index in [1.54, 1.807) is 0 Å². The second-order valence-corrected chi connectivity index (χ2v) is 5.70. The van der Waals surface area contributed by atoms with E-state index in [4.69, 9.17) is 0 Å². The van der Waals surface area contributed by atoms with Gasteiger partial charge < -0.3 is 10.2 Å². The Morgan fingerprint density at radius 1 is 1.40 bits per heavy atom. The van der Waals surface area contributed by atoms with Crippen molar-refractivity contribution in [1.29, 1.82) is 0 Å². The van der Waals surface area contributed by atoms with Crippen LogP contribution >= 0.6 is 11.8 Å². The zero-order valence-corrected chi connectivity index (χ0v) is 11.1. The highest BCUT2D eigenvalue weighted by Gasteiger charge is 2.19. The Morgan fingerprint density at radius 3 is 2.93 bits per heavy atom. The van der Waals surface area contributed by atoms with E-state index in [1.807, 2.05) is 11.8 Å². The highest BCUT2D eigenvalue weighted by Crippen LogP contribution is 2.14. The number of rotatable bonds is 8. The Balaban J connectivity index is 1.88. The lowest BCUT2D eigenvalue weighted by molar-refractivity contribution is 0.339. The molecule has 15 heavy (non-hydrogen) atoms. The molecule has 0 radical (unpaired) electrons. The van der Waals surface area contributed by atoms with Crippen molar-refractivity contribution in [2.24, 2.45) is 5.92 Å². The number of likely N-dealkylation sites (tertiary alicyclic amines) is 1. The lowest BCUT2D eigenvalue weighted by Gasteiger charge is -2.13. The van der Waals surface area contributed by atoms with E-state index in [0.29, 0.717) is 0 Å². The molecular formula is C12H26N2S. The summed E-state index contributed by atoms with van der Waals surface area (Å²) in [6, 6.07) is 0. The summed E-state index contributed by atoms with van der Waals surface area (Å²) in [5.41, 5.74) is 0. The summed E-state index contributed by atoms with van der Waals surface area (Å²) in [5.74, 6) is 3.48. The highest BCUT2D eigenvalue weighted by molar-refractivity contribution is 7.99. The maximum absolute atomic E-state index is 3.59. The largest absolute Gasteiger partial charge is 0.316 e. The van der Waals surface area contributed by atoms with E-state index in [2.05, 4.69) is 24.1 Å². The zero-order valence-electron chi connectivity index (χ0n) is 10.3. The van der Waals surface area contributed by atoms with Crippen LogP contribution in [0.4, 0.5) is 0 Å². The van der Waals surface area contributed by atoms with E-state index in [-0.39, 0.29) is 0 Å². The van der Waals surface area contributed by atoms with Crippen LogP contribution in [0.5, 0.6) is 0 Å². The van der Waals surface area contributed by atoms with Gasteiger partial charge in [0.05, 0.1) is 0 Å². The van der Waals surface area contributed by atoms with Gasteiger partial charge >= 0.3 is 0 Å². The Kier molecular flexibility index (Phi) is 7.49. The summed E-state index contributed by atoms with van der Waals surface area (Å²) in [4.78, 5) is 2.55. The molecule has 1 saturated heterocycles. The van der Waals surface area contributed by atoms with E-state index in [0.717, 1.165) is 5.92 Å². The molecule has 1 atom stereocenters. The van der Waals surface area contributed by atoms with Crippen LogP contribution in [0, 0.1) is 5.92 Å². The van der Waals surface area contributed by atoms with Crippen LogP contribution in [0.2, 0.25) is 0 Å². The van der Waals surface area contributed by atoms with Gasteiger partial charge in [-0.15, -0.1) is 0 Å². The molecular weight excluding hydrogens is 204 g/mol. The lowest BCUT2D eigenvalue weighted by atomic mass is 10.1. The van der Waals surface area contributed by atoms with E-state index >= 15 is 0 Å². The monoisotopic (exact) mass is 230 g/mol. The second kappa shape index (κ2) is 8.43. The quantitative estimate of drug-likeness (QED) is 0.643. The minimum atomic E-state index is 0.906.